The summed E-state index contributed by atoms with van der Waals surface area (Å²) in [7, 11) is 0. The predicted molar refractivity (Wildman–Crippen MR) is 101 cm³/mol. The Labute approximate surface area is 162 Å². The molecule has 2 rings (SSSR count). The van der Waals surface area contributed by atoms with Crippen molar-refractivity contribution in [3.05, 3.63) is 79.3 Å². The SMILES string of the molecule is O=NC(Cl)C(N=O)c1ccc(Oc2ccc(C(N=O)C(Cl)N=O)cc2)cc1. The first kappa shape index (κ1) is 20.5. The molecule has 2 aromatic carbocycles. The molecule has 0 aromatic heterocycles. The highest BCUT2D eigenvalue weighted by Crippen LogP contribution is 2.31. The number of rotatable bonds is 10. The Morgan fingerprint density at radius 1 is 0.593 bits per heavy atom. The van der Waals surface area contributed by atoms with E-state index in [-0.39, 0.29) is 0 Å². The summed E-state index contributed by atoms with van der Waals surface area (Å²) in [5, 5.41) is 10.8. The fourth-order valence-electron chi connectivity index (χ4n) is 2.26. The third kappa shape index (κ3) is 5.11. The van der Waals surface area contributed by atoms with Crippen LogP contribution < -0.4 is 4.74 Å². The highest BCUT2D eigenvalue weighted by molar-refractivity contribution is 6.21. The van der Waals surface area contributed by atoms with Gasteiger partial charge in [-0.2, -0.15) is 9.81 Å². The summed E-state index contributed by atoms with van der Waals surface area (Å²) < 4.78 is 5.63. The number of hydrogen-bond donors (Lipinski definition) is 0. The van der Waals surface area contributed by atoms with Gasteiger partial charge in [-0.15, -0.1) is 9.81 Å². The molecule has 0 bridgehead atoms. The molecule has 27 heavy (non-hydrogen) atoms. The van der Waals surface area contributed by atoms with Gasteiger partial charge in [0.1, 0.15) is 11.5 Å². The normalized spacial score (nSPS) is 15.0. The zero-order chi connectivity index (χ0) is 19.8. The molecular weight excluding hydrogens is 399 g/mol. The number of alkyl halides is 2. The molecule has 4 atom stereocenters. The van der Waals surface area contributed by atoms with Crippen LogP contribution in [0.25, 0.3) is 0 Å². The van der Waals surface area contributed by atoms with E-state index in [0.717, 1.165) is 0 Å². The van der Waals surface area contributed by atoms with E-state index in [0.29, 0.717) is 22.6 Å². The van der Waals surface area contributed by atoms with Gasteiger partial charge < -0.3 is 4.74 Å². The number of benzene rings is 2. The summed E-state index contributed by atoms with van der Waals surface area (Å²) in [6.07, 6.45) is 0. The van der Waals surface area contributed by atoms with Crippen molar-refractivity contribution < 1.29 is 4.74 Å². The van der Waals surface area contributed by atoms with Gasteiger partial charge in [0.25, 0.3) is 0 Å². The largest absolute Gasteiger partial charge is 0.457 e. The van der Waals surface area contributed by atoms with E-state index in [9.17, 15) is 19.6 Å². The minimum absolute atomic E-state index is 0.418. The molecule has 0 amide bonds. The summed E-state index contributed by atoms with van der Waals surface area (Å²) in [6.45, 7) is 0. The average molecular weight is 411 g/mol. The van der Waals surface area contributed by atoms with Crippen LogP contribution in [0.15, 0.2) is 69.2 Å². The van der Waals surface area contributed by atoms with Gasteiger partial charge in [-0.1, -0.05) is 57.8 Å². The van der Waals surface area contributed by atoms with Crippen molar-refractivity contribution >= 4 is 23.2 Å². The summed E-state index contributed by atoms with van der Waals surface area (Å²) >= 11 is 11.3. The number of nitroso groups, excluding NO2 is 4. The van der Waals surface area contributed by atoms with Crippen LogP contribution in [0.3, 0.4) is 0 Å². The lowest BCUT2D eigenvalue weighted by Crippen LogP contribution is -2.07. The Bertz CT molecular complexity index is 736. The molecule has 0 radical (unpaired) electrons. The zero-order valence-corrected chi connectivity index (χ0v) is 15.0. The van der Waals surface area contributed by atoms with Gasteiger partial charge in [0.15, 0.2) is 23.1 Å². The lowest BCUT2D eigenvalue weighted by Gasteiger charge is -2.12. The van der Waals surface area contributed by atoms with E-state index < -0.39 is 23.1 Å². The van der Waals surface area contributed by atoms with Crippen molar-refractivity contribution in [1.82, 2.24) is 0 Å². The van der Waals surface area contributed by atoms with Gasteiger partial charge in [-0.25, -0.2) is 0 Å². The van der Waals surface area contributed by atoms with Crippen molar-refractivity contribution in [3.63, 3.8) is 0 Å². The van der Waals surface area contributed by atoms with E-state index in [4.69, 9.17) is 27.9 Å². The van der Waals surface area contributed by atoms with Gasteiger partial charge in [-0.05, 0) is 45.7 Å². The van der Waals surface area contributed by atoms with Crippen LogP contribution in [-0.4, -0.2) is 11.0 Å². The first-order chi connectivity index (χ1) is 13.0. The van der Waals surface area contributed by atoms with E-state index >= 15 is 0 Å². The second kappa shape index (κ2) is 9.79. The minimum Gasteiger partial charge on any atom is -0.457 e. The molecule has 0 aliphatic heterocycles. The molecule has 0 aliphatic rings. The molecule has 0 saturated carbocycles. The first-order valence-corrected chi connectivity index (χ1v) is 8.37. The Morgan fingerprint density at radius 2 is 0.926 bits per heavy atom. The molecule has 4 unspecified atom stereocenters. The van der Waals surface area contributed by atoms with Gasteiger partial charge in [0.2, 0.25) is 0 Å². The maximum atomic E-state index is 10.8. The second-order valence-electron chi connectivity index (χ2n) is 5.30. The fourth-order valence-corrected chi connectivity index (χ4v) is 2.64. The van der Waals surface area contributed by atoms with Crippen molar-refractivity contribution in [2.24, 2.45) is 20.7 Å². The Morgan fingerprint density at radius 3 is 1.19 bits per heavy atom. The Kier molecular flexibility index (Phi) is 7.44. The van der Waals surface area contributed by atoms with E-state index in [1.54, 1.807) is 24.3 Å². The van der Waals surface area contributed by atoms with Crippen molar-refractivity contribution in [1.29, 1.82) is 0 Å². The lowest BCUT2D eigenvalue weighted by molar-refractivity contribution is 0.481. The number of hydrogen-bond acceptors (Lipinski definition) is 9. The quantitative estimate of drug-likeness (QED) is 0.279. The van der Waals surface area contributed by atoms with E-state index in [1.165, 1.54) is 24.3 Å². The maximum absolute atomic E-state index is 10.8. The molecule has 0 aliphatic carbocycles. The van der Waals surface area contributed by atoms with Gasteiger partial charge in [-0.3, -0.25) is 0 Å². The molecule has 9 nitrogen and oxygen atoms in total. The van der Waals surface area contributed by atoms with Crippen LogP contribution in [-0.2, 0) is 0 Å². The molecular formula is C16H12Cl2N4O5. The lowest BCUT2D eigenvalue weighted by atomic mass is 10.1. The third-order valence-electron chi connectivity index (χ3n) is 3.63. The predicted octanol–water partition coefficient (Wildman–Crippen LogP) is 5.76. The summed E-state index contributed by atoms with van der Waals surface area (Å²) in [6, 6.07) is 10.2. The van der Waals surface area contributed by atoms with E-state index in [1.807, 2.05) is 0 Å². The molecule has 0 saturated heterocycles. The number of nitrogens with zero attached hydrogens (tertiary/aromatic N) is 4. The smallest absolute Gasteiger partial charge is 0.195 e. The Balaban J connectivity index is 2.11. The molecule has 0 N–H and O–H groups in total. The second-order valence-corrected chi connectivity index (χ2v) is 6.19. The fraction of sp³-hybridized carbons (Fsp3) is 0.250. The standard InChI is InChI=1S/C16H12Cl2N4O5/c17-15(21-25)13(19-23)9-1-5-11(6-2-9)27-12-7-3-10(4-8-12)14(20-24)16(18)22-26/h1-8,13-16H. The van der Waals surface area contributed by atoms with Crippen molar-refractivity contribution in [3.8, 4) is 11.5 Å². The summed E-state index contributed by atoms with van der Waals surface area (Å²) in [4.78, 5) is 42.6. The highest BCUT2D eigenvalue weighted by Gasteiger charge is 2.24. The van der Waals surface area contributed by atoms with Crippen LogP contribution in [0.5, 0.6) is 11.5 Å². The van der Waals surface area contributed by atoms with Crippen LogP contribution in [0, 0.1) is 19.6 Å². The molecule has 140 valence electrons. The molecule has 2 aromatic rings. The van der Waals surface area contributed by atoms with Crippen LogP contribution in [0.1, 0.15) is 23.2 Å². The molecule has 0 spiro atoms. The molecule has 11 heteroatoms. The highest BCUT2D eigenvalue weighted by atomic mass is 35.5. The average Bonchev–Trinajstić information content (AvgIpc) is 2.71. The Hall–Kier alpha value is -2.78. The van der Waals surface area contributed by atoms with E-state index in [2.05, 4.69) is 20.7 Å². The molecule has 0 fully saturated rings. The maximum Gasteiger partial charge on any atom is 0.195 e. The zero-order valence-electron chi connectivity index (χ0n) is 13.5. The number of ether oxygens (including phenoxy) is 1. The van der Waals surface area contributed by atoms with Gasteiger partial charge in [0.05, 0.1) is 0 Å². The monoisotopic (exact) mass is 410 g/mol. The van der Waals surface area contributed by atoms with Crippen molar-refractivity contribution in [2.75, 3.05) is 0 Å². The minimum atomic E-state index is -1.30. The van der Waals surface area contributed by atoms with Crippen molar-refractivity contribution in [2.45, 2.75) is 23.1 Å². The number of halogens is 2. The van der Waals surface area contributed by atoms with Gasteiger partial charge >= 0.3 is 0 Å². The first-order valence-electron chi connectivity index (χ1n) is 7.49. The summed E-state index contributed by atoms with van der Waals surface area (Å²) in [5.74, 6) is 0.882. The third-order valence-corrected chi connectivity index (χ3v) is 4.27. The van der Waals surface area contributed by atoms with Crippen LogP contribution >= 0.6 is 23.2 Å². The van der Waals surface area contributed by atoms with Crippen LogP contribution in [0.2, 0.25) is 0 Å². The van der Waals surface area contributed by atoms with Crippen LogP contribution in [0.4, 0.5) is 0 Å². The topological polar surface area (TPSA) is 127 Å². The van der Waals surface area contributed by atoms with Gasteiger partial charge in [0, 0.05) is 0 Å². The molecule has 0 heterocycles. The summed E-state index contributed by atoms with van der Waals surface area (Å²) in [5.41, 5.74) is -1.76.